The summed E-state index contributed by atoms with van der Waals surface area (Å²) in [6.45, 7) is 3.73. The largest absolute Gasteiger partial charge is 0.573 e. The van der Waals surface area contributed by atoms with Gasteiger partial charge in [0, 0.05) is 0 Å². The third kappa shape index (κ3) is 4.96. The SMILES string of the molecule is CC(C)C(O)CCc1ccccc1OC(F)(F)F. The predicted molar refractivity (Wildman–Crippen MR) is 62.3 cm³/mol. The summed E-state index contributed by atoms with van der Waals surface area (Å²) < 4.78 is 40.5. The van der Waals surface area contributed by atoms with Crippen LogP contribution in [0.1, 0.15) is 25.8 Å². The average molecular weight is 262 g/mol. The molecule has 0 saturated heterocycles. The maximum Gasteiger partial charge on any atom is 0.573 e. The molecule has 0 saturated carbocycles. The molecule has 1 aromatic rings. The molecule has 102 valence electrons. The van der Waals surface area contributed by atoms with Crippen LogP contribution in [-0.2, 0) is 6.42 Å². The van der Waals surface area contributed by atoms with Crippen molar-refractivity contribution in [1.82, 2.24) is 0 Å². The predicted octanol–water partition coefficient (Wildman–Crippen LogP) is 3.53. The minimum absolute atomic E-state index is 0.0840. The number of rotatable bonds is 5. The lowest BCUT2D eigenvalue weighted by atomic mass is 9.99. The van der Waals surface area contributed by atoms with Crippen LogP contribution in [0.15, 0.2) is 24.3 Å². The smallest absolute Gasteiger partial charge is 0.406 e. The quantitative estimate of drug-likeness (QED) is 0.879. The van der Waals surface area contributed by atoms with Gasteiger partial charge in [-0.2, -0.15) is 0 Å². The van der Waals surface area contributed by atoms with Gasteiger partial charge in [0.1, 0.15) is 5.75 Å². The van der Waals surface area contributed by atoms with Crippen molar-refractivity contribution in [1.29, 1.82) is 0 Å². The topological polar surface area (TPSA) is 29.5 Å². The van der Waals surface area contributed by atoms with Crippen LogP contribution < -0.4 is 4.74 Å². The Morgan fingerprint density at radius 3 is 2.39 bits per heavy atom. The van der Waals surface area contributed by atoms with Crippen molar-refractivity contribution in [3.8, 4) is 5.75 Å². The highest BCUT2D eigenvalue weighted by Crippen LogP contribution is 2.27. The zero-order valence-electron chi connectivity index (χ0n) is 10.4. The van der Waals surface area contributed by atoms with E-state index in [0.29, 0.717) is 18.4 Å². The molecule has 1 rings (SSSR count). The highest BCUT2D eigenvalue weighted by molar-refractivity contribution is 5.33. The van der Waals surface area contributed by atoms with E-state index >= 15 is 0 Å². The van der Waals surface area contributed by atoms with Crippen LogP contribution >= 0.6 is 0 Å². The van der Waals surface area contributed by atoms with Gasteiger partial charge in [-0.05, 0) is 30.4 Å². The van der Waals surface area contributed by atoms with Crippen molar-refractivity contribution in [2.45, 2.75) is 39.2 Å². The van der Waals surface area contributed by atoms with Crippen molar-refractivity contribution in [2.75, 3.05) is 0 Å². The van der Waals surface area contributed by atoms with E-state index in [2.05, 4.69) is 4.74 Å². The number of aliphatic hydroxyl groups is 1. The summed E-state index contributed by atoms with van der Waals surface area (Å²) in [5.74, 6) is -0.110. The third-order valence-electron chi connectivity index (χ3n) is 2.68. The van der Waals surface area contributed by atoms with Crippen LogP contribution in [0.4, 0.5) is 13.2 Å². The fraction of sp³-hybridized carbons (Fsp3) is 0.538. The summed E-state index contributed by atoms with van der Waals surface area (Å²) in [5, 5.41) is 9.65. The number of ether oxygens (including phenoxy) is 1. The number of hydrogen-bond acceptors (Lipinski definition) is 2. The molecule has 0 radical (unpaired) electrons. The van der Waals surface area contributed by atoms with Gasteiger partial charge in [0.2, 0.25) is 0 Å². The van der Waals surface area contributed by atoms with Crippen LogP contribution in [-0.4, -0.2) is 17.6 Å². The number of para-hydroxylation sites is 1. The first kappa shape index (κ1) is 14.8. The van der Waals surface area contributed by atoms with Gasteiger partial charge in [0.05, 0.1) is 6.10 Å². The first-order valence-electron chi connectivity index (χ1n) is 5.81. The number of hydrogen-bond donors (Lipinski definition) is 1. The van der Waals surface area contributed by atoms with Gasteiger partial charge in [-0.1, -0.05) is 32.0 Å². The molecule has 0 bridgehead atoms. The molecule has 0 aromatic heterocycles. The van der Waals surface area contributed by atoms with E-state index in [-0.39, 0.29) is 11.7 Å². The lowest BCUT2D eigenvalue weighted by Crippen LogP contribution is -2.19. The Labute approximate surface area is 104 Å². The number of halogens is 3. The molecule has 0 aliphatic heterocycles. The van der Waals surface area contributed by atoms with Gasteiger partial charge in [-0.25, -0.2) is 0 Å². The third-order valence-corrected chi connectivity index (χ3v) is 2.68. The molecule has 0 spiro atoms. The number of alkyl halides is 3. The standard InChI is InChI=1S/C13H17F3O2/c1-9(2)11(17)8-7-10-5-3-4-6-12(10)18-13(14,15)16/h3-6,9,11,17H,7-8H2,1-2H3. The molecule has 1 N–H and O–H groups in total. The molecular formula is C13H17F3O2. The zero-order valence-corrected chi connectivity index (χ0v) is 10.4. The molecule has 1 atom stereocenters. The monoisotopic (exact) mass is 262 g/mol. The van der Waals surface area contributed by atoms with E-state index in [9.17, 15) is 18.3 Å². The lowest BCUT2D eigenvalue weighted by Gasteiger charge is -2.16. The molecule has 0 heterocycles. The highest BCUT2D eigenvalue weighted by Gasteiger charge is 2.31. The van der Waals surface area contributed by atoms with Crippen LogP contribution in [0, 0.1) is 5.92 Å². The summed E-state index contributed by atoms with van der Waals surface area (Å²) >= 11 is 0. The van der Waals surface area contributed by atoms with Crippen molar-refractivity contribution in [2.24, 2.45) is 5.92 Å². The molecule has 0 amide bonds. The summed E-state index contributed by atoms with van der Waals surface area (Å²) in [7, 11) is 0. The molecule has 0 fully saturated rings. The van der Waals surface area contributed by atoms with Crippen molar-refractivity contribution in [3.05, 3.63) is 29.8 Å². The Balaban J connectivity index is 2.71. The van der Waals surface area contributed by atoms with E-state index < -0.39 is 12.5 Å². The fourth-order valence-electron chi connectivity index (χ4n) is 1.57. The summed E-state index contributed by atoms with van der Waals surface area (Å²) in [5.41, 5.74) is 0.453. The molecular weight excluding hydrogens is 245 g/mol. The van der Waals surface area contributed by atoms with Gasteiger partial charge >= 0.3 is 6.36 Å². The minimum Gasteiger partial charge on any atom is -0.406 e. The van der Waals surface area contributed by atoms with Crippen LogP contribution in [0.25, 0.3) is 0 Å². The van der Waals surface area contributed by atoms with E-state index in [1.807, 2.05) is 13.8 Å². The Kier molecular flexibility index (Phi) is 5.02. The van der Waals surface area contributed by atoms with Gasteiger partial charge < -0.3 is 9.84 Å². The number of benzene rings is 1. The van der Waals surface area contributed by atoms with Gasteiger partial charge in [0.25, 0.3) is 0 Å². The minimum atomic E-state index is -4.69. The molecule has 5 heteroatoms. The van der Waals surface area contributed by atoms with E-state index in [1.54, 1.807) is 12.1 Å². The first-order valence-corrected chi connectivity index (χ1v) is 5.81. The van der Waals surface area contributed by atoms with Gasteiger partial charge in [-0.3, -0.25) is 0 Å². The fourth-order valence-corrected chi connectivity index (χ4v) is 1.57. The van der Waals surface area contributed by atoms with E-state index in [4.69, 9.17) is 0 Å². The van der Waals surface area contributed by atoms with Crippen molar-refractivity contribution >= 4 is 0 Å². The normalized spacial score (nSPS) is 13.7. The summed E-state index contributed by atoms with van der Waals surface area (Å²) in [4.78, 5) is 0. The second-order valence-electron chi connectivity index (χ2n) is 4.51. The van der Waals surface area contributed by atoms with Crippen LogP contribution in [0.5, 0.6) is 5.75 Å². The van der Waals surface area contributed by atoms with Gasteiger partial charge in [-0.15, -0.1) is 13.2 Å². The Bertz CT molecular complexity index is 375. The van der Waals surface area contributed by atoms with Crippen molar-refractivity contribution in [3.63, 3.8) is 0 Å². The van der Waals surface area contributed by atoms with E-state index in [1.165, 1.54) is 12.1 Å². The number of aliphatic hydroxyl groups excluding tert-OH is 1. The second kappa shape index (κ2) is 6.09. The average Bonchev–Trinajstić information content (AvgIpc) is 2.25. The summed E-state index contributed by atoms with van der Waals surface area (Å²) in [6, 6.07) is 6.00. The molecule has 18 heavy (non-hydrogen) atoms. The Morgan fingerprint density at radius 1 is 1.22 bits per heavy atom. The van der Waals surface area contributed by atoms with Crippen LogP contribution in [0.2, 0.25) is 0 Å². The second-order valence-corrected chi connectivity index (χ2v) is 4.51. The molecule has 2 nitrogen and oxygen atoms in total. The number of aryl methyl sites for hydroxylation is 1. The summed E-state index contributed by atoms with van der Waals surface area (Å²) in [6.07, 6.45) is -4.45. The highest BCUT2D eigenvalue weighted by atomic mass is 19.4. The van der Waals surface area contributed by atoms with Crippen molar-refractivity contribution < 1.29 is 23.0 Å². The Morgan fingerprint density at radius 2 is 1.83 bits per heavy atom. The maximum atomic E-state index is 12.2. The first-order chi connectivity index (χ1) is 8.29. The molecule has 1 unspecified atom stereocenters. The van der Waals surface area contributed by atoms with Crippen LogP contribution in [0.3, 0.4) is 0 Å². The van der Waals surface area contributed by atoms with E-state index in [0.717, 1.165) is 0 Å². The van der Waals surface area contributed by atoms with Gasteiger partial charge in [0.15, 0.2) is 0 Å². The Hall–Kier alpha value is -1.23. The lowest BCUT2D eigenvalue weighted by molar-refractivity contribution is -0.274. The maximum absolute atomic E-state index is 12.2. The molecule has 0 aliphatic rings. The zero-order chi connectivity index (χ0) is 13.8. The molecule has 1 aromatic carbocycles. The molecule has 0 aliphatic carbocycles.